The van der Waals surface area contributed by atoms with Gasteiger partial charge in [-0.2, -0.15) is 17.5 Å². The fourth-order valence-corrected chi connectivity index (χ4v) is 6.21. The van der Waals surface area contributed by atoms with E-state index in [9.17, 15) is 34.8 Å². The van der Waals surface area contributed by atoms with Crippen LogP contribution >= 0.6 is 11.6 Å². The highest BCUT2D eigenvalue weighted by atomic mass is 35.5. The van der Waals surface area contributed by atoms with E-state index in [-0.39, 0.29) is 23.7 Å². The van der Waals surface area contributed by atoms with Gasteiger partial charge < -0.3 is 10.1 Å². The van der Waals surface area contributed by atoms with Gasteiger partial charge in [0.05, 0.1) is 34.0 Å². The average molecular weight is 584 g/mol. The summed E-state index contributed by atoms with van der Waals surface area (Å²) in [6.07, 6.45) is -2.41. The molecule has 37 heavy (non-hydrogen) atoms. The number of rotatable bonds is 10. The van der Waals surface area contributed by atoms with E-state index >= 15 is 0 Å². The first-order chi connectivity index (χ1) is 17.2. The molecule has 0 spiro atoms. The van der Waals surface area contributed by atoms with E-state index in [2.05, 4.69) is 5.32 Å². The van der Waals surface area contributed by atoms with E-state index in [4.69, 9.17) is 16.3 Å². The summed E-state index contributed by atoms with van der Waals surface area (Å²) in [5, 5.41) is 1.83. The van der Waals surface area contributed by atoms with Crippen molar-refractivity contribution in [2.75, 3.05) is 43.3 Å². The molecular weight excluding hydrogens is 559 g/mol. The maximum Gasteiger partial charge on any atom is 0.417 e. The second-order valence-electron chi connectivity index (χ2n) is 8.21. The topological polar surface area (TPSA) is 113 Å². The predicted octanol–water partition coefficient (Wildman–Crippen LogP) is 3.10. The Morgan fingerprint density at radius 2 is 1.70 bits per heavy atom. The summed E-state index contributed by atoms with van der Waals surface area (Å²) in [6, 6.07) is 8.35. The molecule has 1 fully saturated rings. The Morgan fingerprint density at radius 1 is 1.08 bits per heavy atom. The van der Waals surface area contributed by atoms with Crippen molar-refractivity contribution in [1.82, 2.24) is 9.62 Å². The summed E-state index contributed by atoms with van der Waals surface area (Å²) in [6.45, 7) is 0.138. The summed E-state index contributed by atoms with van der Waals surface area (Å²) >= 11 is 5.59. The van der Waals surface area contributed by atoms with Crippen molar-refractivity contribution in [3.05, 3.63) is 53.1 Å². The van der Waals surface area contributed by atoms with E-state index < -0.39 is 49.3 Å². The number of sulfonamides is 2. The van der Waals surface area contributed by atoms with Gasteiger partial charge in [-0.15, -0.1) is 0 Å². The number of carbonyl (C=O) groups is 1. The zero-order valence-corrected chi connectivity index (χ0v) is 22.1. The fourth-order valence-electron chi connectivity index (χ4n) is 3.62. The highest BCUT2D eigenvalue weighted by molar-refractivity contribution is 7.92. The predicted molar refractivity (Wildman–Crippen MR) is 132 cm³/mol. The number of ether oxygens (including phenoxy) is 1. The van der Waals surface area contributed by atoms with Crippen LogP contribution in [0, 0.1) is 0 Å². The molecule has 204 valence electrons. The van der Waals surface area contributed by atoms with Gasteiger partial charge in [-0.3, -0.25) is 9.10 Å². The lowest BCUT2D eigenvalue weighted by atomic mass is 10.2. The lowest BCUT2D eigenvalue weighted by Crippen LogP contribution is -2.41. The van der Waals surface area contributed by atoms with Gasteiger partial charge in [0.15, 0.2) is 0 Å². The fraction of sp³-hybridized carbons (Fsp3) is 0.409. The Bertz CT molecular complexity index is 1330. The van der Waals surface area contributed by atoms with Crippen LogP contribution < -0.4 is 14.4 Å². The van der Waals surface area contributed by atoms with Gasteiger partial charge in [0.1, 0.15) is 18.9 Å². The molecule has 1 amide bonds. The number of alkyl halides is 3. The zero-order valence-electron chi connectivity index (χ0n) is 19.7. The van der Waals surface area contributed by atoms with E-state index in [1.54, 1.807) is 0 Å². The third kappa shape index (κ3) is 7.49. The molecule has 2 aromatic carbocycles. The number of amides is 1. The first kappa shape index (κ1) is 29.0. The lowest BCUT2D eigenvalue weighted by molar-refractivity contribution is -0.137. The van der Waals surface area contributed by atoms with Crippen molar-refractivity contribution in [3.63, 3.8) is 0 Å². The molecule has 2 aromatic rings. The first-order valence-electron chi connectivity index (χ1n) is 11.0. The molecule has 1 heterocycles. The third-order valence-electron chi connectivity index (χ3n) is 5.45. The number of carbonyl (C=O) groups excluding carboxylic acids is 1. The molecule has 15 heteroatoms. The van der Waals surface area contributed by atoms with Gasteiger partial charge in [0.2, 0.25) is 26.0 Å². The normalized spacial score (nSPS) is 14.9. The van der Waals surface area contributed by atoms with Crippen LogP contribution in [0.15, 0.2) is 47.4 Å². The highest BCUT2D eigenvalue weighted by Crippen LogP contribution is 2.37. The Balaban J connectivity index is 1.56. The van der Waals surface area contributed by atoms with Crippen LogP contribution in [0.3, 0.4) is 0 Å². The van der Waals surface area contributed by atoms with Crippen molar-refractivity contribution in [2.24, 2.45) is 0 Å². The highest BCUT2D eigenvalue weighted by Gasteiger charge is 2.34. The number of halogens is 4. The monoisotopic (exact) mass is 583 g/mol. The summed E-state index contributed by atoms with van der Waals surface area (Å²) in [4.78, 5) is 12.5. The molecule has 1 aliphatic heterocycles. The Hall–Kier alpha value is -2.55. The van der Waals surface area contributed by atoms with E-state index in [0.29, 0.717) is 29.2 Å². The maximum absolute atomic E-state index is 13.2. The van der Waals surface area contributed by atoms with Crippen molar-refractivity contribution < 1.29 is 39.5 Å². The average Bonchev–Trinajstić information content (AvgIpc) is 3.36. The van der Waals surface area contributed by atoms with Gasteiger partial charge in [-0.05, 0) is 55.3 Å². The van der Waals surface area contributed by atoms with Gasteiger partial charge >= 0.3 is 6.18 Å². The summed E-state index contributed by atoms with van der Waals surface area (Å²) in [7, 11) is -7.66. The zero-order chi connectivity index (χ0) is 27.4. The molecule has 3 rings (SSSR count). The number of hydrogen-bond acceptors (Lipinski definition) is 6. The molecular formula is C22H25ClF3N3O6S2. The van der Waals surface area contributed by atoms with E-state index in [1.165, 1.54) is 28.6 Å². The van der Waals surface area contributed by atoms with Crippen molar-refractivity contribution in [3.8, 4) is 5.75 Å². The third-order valence-corrected chi connectivity index (χ3v) is 8.83. The number of nitrogens with zero attached hydrogens (tertiary/aromatic N) is 2. The van der Waals surface area contributed by atoms with Crippen LogP contribution in [0.25, 0.3) is 0 Å². The molecule has 9 nitrogen and oxygen atoms in total. The van der Waals surface area contributed by atoms with Crippen LogP contribution in [0.5, 0.6) is 5.75 Å². The molecule has 1 saturated heterocycles. The summed E-state index contributed by atoms with van der Waals surface area (Å²) in [5.41, 5.74) is -1.59. The Kier molecular flexibility index (Phi) is 8.98. The Labute approximate surface area is 218 Å². The maximum atomic E-state index is 13.2. The lowest BCUT2D eigenvalue weighted by Gasteiger charge is -2.23. The first-order valence-corrected chi connectivity index (χ1v) is 14.7. The minimum absolute atomic E-state index is 0.0258. The van der Waals surface area contributed by atoms with E-state index in [1.807, 2.05) is 0 Å². The molecule has 0 saturated carbocycles. The Morgan fingerprint density at radius 3 is 2.27 bits per heavy atom. The SMILES string of the molecule is CS(=O)(=O)N(CC(=O)NCCOc1ccc(S(=O)(=O)N2CCCC2)cc1)c1ccc(Cl)c(C(F)(F)F)c1. The largest absolute Gasteiger partial charge is 0.492 e. The molecule has 0 aromatic heterocycles. The van der Waals surface area contributed by atoms with Gasteiger partial charge in [0, 0.05) is 13.1 Å². The van der Waals surface area contributed by atoms with Gasteiger partial charge in [-0.1, -0.05) is 11.6 Å². The van der Waals surface area contributed by atoms with Crippen molar-refractivity contribution in [1.29, 1.82) is 0 Å². The smallest absolute Gasteiger partial charge is 0.417 e. The molecule has 0 radical (unpaired) electrons. The number of benzene rings is 2. The second-order valence-corrected chi connectivity index (χ2v) is 12.5. The molecule has 1 N–H and O–H groups in total. The standard InChI is InChI=1S/C22H25ClF3N3O6S2/c1-36(31,32)29(16-4-9-20(23)19(14-16)22(24,25)26)15-21(30)27-10-13-35-17-5-7-18(8-6-17)37(33,34)28-11-2-3-12-28/h4-9,14H,2-3,10-13,15H2,1H3,(H,27,30). The van der Waals surface area contributed by atoms with Crippen molar-refractivity contribution in [2.45, 2.75) is 23.9 Å². The minimum Gasteiger partial charge on any atom is -0.492 e. The molecule has 0 aliphatic carbocycles. The van der Waals surface area contributed by atoms with Crippen LogP contribution in [0.2, 0.25) is 5.02 Å². The molecule has 0 atom stereocenters. The second kappa shape index (κ2) is 11.5. The van der Waals surface area contributed by atoms with E-state index in [0.717, 1.165) is 31.2 Å². The number of nitrogens with one attached hydrogen (secondary N) is 1. The quantitative estimate of drug-likeness (QED) is 0.430. The van der Waals surface area contributed by atoms with Crippen LogP contribution in [0.1, 0.15) is 18.4 Å². The number of anilines is 1. The van der Waals surface area contributed by atoms with Gasteiger partial charge in [-0.25, -0.2) is 16.8 Å². The van der Waals surface area contributed by atoms with Gasteiger partial charge in [0.25, 0.3) is 0 Å². The summed E-state index contributed by atoms with van der Waals surface area (Å²) < 4.78 is 96.4. The number of hydrogen-bond donors (Lipinski definition) is 1. The van der Waals surface area contributed by atoms with Crippen molar-refractivity contribution >= 4 is 43.2 Å². The molecule has 0 unspecified atom stereocenters. The van der Waals surface area contributed by atoms with Crippen LogP contribution in [-0.4, -0.2) is 66.1 Å². The van der Waals surface area contributed by atoms with Crippen LogP contribution in [0.4, 0.5) is 18.9 Å². The minimum atomic E-state index is -4.81. The summed E-state index contributed by atoms with van der Waals surface area (Å²) in [5.74, 6) is -0.419. The molecule has 1 aliphatic rings. The van der Waals surface area contributed by atoms with Crippen LogP contribution in [-0.2, 0) is 31.0 Å². The molecule has 0 bridgehead atoms.